The molecule has 0 amide bonds. The number of nitrogens with zero attached hydrogens (tertiary/aromatic N) is 2. The van der Waals surface area contributed by atoms with Crippen molar-refractivity contribution in [2.45, 2.75) is 31.9 Å². The van der Waals surface area contributed by atoms with Crippen molar-refractivity contribution in [3.8, 4) is 0 Å². The van der Waals surface area contributed by atoms with E-state index in [-0.39, 0.29) is 10.6 Å². The third kappa shape index (κ3) is 3.23. The van der Waals surface area contributed by atoms with Crippen molar-refractivity contribution in [3.05, 3.63) is 21.1 Å². The summed E-state index contributed by atoms with van der Waals surface area (Å²) in [4.78, 5) is 13.4. The Bertz CT molecular complexity index is 457. The molecule has 1 heterocycles. The molecule has 6 nitrogen and oxygen atoms in total. The fourth-order valence-electron chi connectivity index (χ4n) is 1.96. The average molecular weight is 286 g/mol. The van der Waals surface area contributed by atoms with E-state index in [0.717, 1.165) is 12.8 Å². The van der Waals surface area contributed by atoms with Gasteiger partial charge in [0.1, 0.15) is 0 Å². The second kappa shape index (κ2) is 5.85. The van der Waals surface area contributed by atoms with Gasteiger partial charge in [-0.2, -0.15) is 0 Å². The molecular formula is C12H18N2O4S. The molecule has 0 bridgehead atoms. The first kappa shape index (κ1) is 14.2. The van der Waals surface area contributed by atoms with Crippen molar-refractivity contribution in [3.63, 3.8) is 0 Å². The quantitative estimate of drug-likeness (QED) is 0.615. The molecule has 19 heavy (non-hydrogen) atoms. The molecule has 1 N–H and O–H groups in total. The Morgan fingerprint density at radius 1 is 1.68 bits per heavy atom. The van der Waals surface area contributed by atoms with Crippen molar-refractivity contribution >= 4 is 22.0 Å². The van der Waals surface area contributed by atoms with Crippen LogP contribution in [0.1, 0.15) is 30.7 Å². The average Bonchev–Trinajstić information content (AvgIpc) is 3.07. The molecule has 1 saturated carbocycles. The Hall–Kier alpha value is -1.18. The molecule has 1 aromatic rings. The van der Waals surface area contributed by atoms with E-state index in [1.54, 1.807) is 14.0 Å². The lowest BCUT2D eigenvalue weighted by molar-refractivity contribution is -0.383. The van der Waals surface area contributed by atoms with Gasteiger partial charge in [0, 0.05) is 30.6 Å². The largest absolute Gasteiger partial charge is 0.388 e. The molecule has 7 heteroatoms. The standard InChI is InChI=1S/C12H18N2O4S/c1-8(15)11-7-10(14(16)17)12(19-11)13(5-6-18-2)9-3-4-9/h7-9,15H,3-6H2,1-2H3/t8-/m0/s1. The number of thiophene rings is 1. The van der Waals surface area contributed by atoms with Crippen LogP contribution in [0.5, 0.6) is 0 Å². The molecule has 0 radical (unpaired) electrons. The second-order valence-corrected chi connectivity index (χ2v) is 5.75. The van der Waals surface area contributed by atoms with Crippen LogP contribution in [0.4, 0.5) is 10.7 Å². The fraction of sp³-hybridized carbons (Fsp3) is 0.667. The normalized spacial score (nSPS) is 16.4. The lowest BCUT2D eigenvalue weighted by Crippen LogP contribution is -2.29. The number of ether oxygens (including phenoxy) is 1. The Kier molecular flexibility index (Phi) is 4.38. The van der Waals surface area contributed by atoms with Gasteiger partial charge in [0.15, 0.2) is 5.00 Å². The zero-order valence-electron chi connectivity index (χ0n) is 11.0. The third-order valence-electron chi connectivity index (χ3n) is 3.11. The van der Waals surface area contributed by atoms with Crippen LogP contribution in [0.25, 0.3) is 0 Å². The van der Waals surface area contributed by atoms with Crippen molar-refractivity contribution < 1.29 is 14.8 Å². The van der Waals surface area contributed by atoms with Crippen LogP contribution >= 0.6 is 11.3 Å². The highest BCUT2D eigenvalue weighted by atomic mass is 32.1. The number of aliphatic hydroxyl groups excluding tert-OH is 1. The molecule has 0 saturated heterocycles. The van der Waals surface area contributed by atoms with E-state index in [1.165, 1.54) is 17.4 Å². The number of nitro groups is 1. The van der Waals surface area contributed by atoms with Gasteiger partial charge in [-0.1, -0.05) is 0 Å². The smallest absolute Gasteiger partial charge is 0.304 e. The fourth-order valence-corrected chi connectivity index (χ4v) is 3.12. The second-order valence-electron chi connectivity index (χ2n) is 4.69. The molecule has 1 aliphatic rings. The van der Waals surface area contributed by atoms with E-state index in [2.05, 4.69) is 0 Å². The van der Waals surface area contributed by atoms with Gasteiger partial charge in [-0.3, -0.25) is 10.1 Å². The van der Waals surface area contributed by atoms with Gasteiger partial charge in [0.05, 0.1) is 17.6 Å². The molecule has 0 spiro atoms. The van der Waals surface area contributed by atoms with E-state index in [1.807, 2.05) is 4.90 Å². The summed E-state index contributed by atoms with van der Waals surface area (Å²) in [5.41, 5.74) is 0.0869. The van der Waals surface area contributed by atoms with E-state index in [4.69, 9.17) is 4.74 Å². The summed E-state index contributed by atoms with van der Waals surface area (Å²) in [5, 5.41) is 21.4. The van der Waals surface area contributed by atoms with Crippen LogP contribution < -0.4 is 4.90 Å². The van der Waals surface area contributed by atoms with E-state index in [9.17, 15) is 15.2 Å². The van der Waals surface area contributed by atoms with Gasteiger partial charge >= 0.3 is 5.69 Å². The van der Waals surface area contributed by atoms with E-state index >= 15 is 0 Å². The summed E-state index contributed by atoms with van der Waals surface area (Å²) < 4.78 is 5.07. The van der Waals surface area contributed by atoms with Crippen LogP contribution in [0.15, 0.2) is 6.07 Å². The van der Waals surface area contributed by atoms with Gasteiger partial charge in [0.25, 0.3) is 0 Å². The maximum atomic E-state index is 11.2. The van der Waals surface area contributed by atoms with Crippen LogP contribution in [-0.4, -0.2) is 36.3 Å². The van der Waals surface area contributed by atoms with Crippen molar-refractivity contribution in [1.29, 1.82) is 0 Å². The predicted octanol–water partition coefficient (Wildman–Crippen LogP) is 2.32. The number of hydrogen-bond donors (Lipinski definition) is 1. The summed E-state index contributed by atoms with van der Waals surface area (Å²) in [6, 6.07) is 1.85. The predicted molar refractivity (Wildman–Crippen MR) is 73.9 cm³/mol. The molecule has 2 rings (SSSR count). The summed E-state index contributed by atoms with van der Waals surface area (Å²) in [7, 11) is 1.62. The summed E-state index contributed by atoms with van der Waals surface area (Å²) >= 11 is 1.30. The van der Waals surface area contributed by atoms with Gasteiger partial charge in [-0.15, -0.1) is 11.3 Å². The highest BCUT2D eigenvalue weighted by Gasteiger charge is 2.35. The molecule has 106 valence electrons. The van der Waals surface area contributed by atoms with Gasteiger partial charge in [-0.05, 0) is 19.8 Å². The number of rotatable bonds is 7. The summed E-state index contributed by atoms with van der Waals surface area (Å²) in [6.45, 7) is 2.80. The Morgan fingerprint density at radius 2 is 2.37 bits per heavy atom. The zero-order valence-corrected chi connectivity index (χ0v) is 11.9. The lowest BCUT2D eigenvalue weighted by Gasteiger charge is -2.21. The van der Waals surface area contributed by atoms with Crippen molar-refractivity contribution in [1.82, 2.24) is 0 Å². The number of hydrogen-bond acceptors (Lipinski definition) is 6. The highest BCUT2D eigenvalue weighted by molar-refractivity contribution is 7.16. The zero-order chi connectivity index (χ0) is 14.0. The summed E-state index contributed by atoms with van der Waals surface area (Å²) in [6.07, 6.45) is 1.44. The first-order valence-electron chi connectivity index (χ1n) is 6.26. The minimum atomic E-state index is -0.680. The highest BCUT2D eigenvalue weighted by Crippen LogP contribution is 2.44. The first-order chi connectivity index (χ1) is 9.04. The Labute approximate surface area is 115 Å². The van der Waals surface area contributed by atoms with E-state index < -0.39 is 6.10 Å². The molecule has 1 aromatic heterocycles. The van der Waals surface area contributed by atoms with Gasteiger partial charge in [-0.25, -0.2) is 0 Å². The van der Waals surface area contributed by atoms with Crippen LogP contribution in [0.2, 0.25) is 0 Å². The molecule has 1 atom stereocenters. The number of aliphatic hydroxyl groups is 1. The molecule has 0 aliphatic heterocycles. The minimum absolute atomic E-state index is 0.0869. The SMILES string of the molecule is COCCN(c1sc([C@H](C)O)cc1[N+](=O)[O-])C1CC1. The topological polar surface area (TPSA) is 75.8 Å². The minimum Gasteiger partial charge on any atom is -0.388 e. The molecular weight excluding hydrogens is 268 g/mol. The third-order valence-corrected chi connectivity index (χ3v) is 4.44. The summed E-state index contributed by atoms with van der Waals surface area (Å²) in [5.74, 6) is 0. The molecule has 1 fully saturated rings. The molecule has 0 aromatic carbocycles. The lowest BCUT2D eigenvalue weighted by atomic mass is 10.3. The maximum absolute atomic E-state index is 11.2. The Morgan fingerprint density at radius 3 is 2.84 bits per heavy atom. The van der Waals surface area contributed by atoms with E-state index in [0.29, 0.717) is 29.1 Å². The van der Waals surface area contributed by atoms with Crippen LogP contribution in [0, 0.1) is 10.1 Å². The molecule has 1 aliphatic carbocycles. The Balaban J connectivity index is 2.31. The maximum Gasteiger partial charge on any atom is 0.304 e. The number of anilines is 1. The van der Waals surface area contributed by atoms with Crippen molar-refractivity contribution in [2.75, 3.05) is 25.2 Å². The van der Waals surface area contributed by atoms with Gasteiger partial charge in [0.2, 0.25) is 0 Å². The molecule has 0 unspecified atom stereocenters. The van der Waals surface area contributed by atoms with Crippen molar-refractivity contribution in [2.24, 2.45) is 0 Å². The van der Waals surface area contributed by atoms with Crippen LogP contribution in [0.3, 0.4) is 0 Å². The van der Waals surface area contributed by atoms with Crippen LogP contribution in [-0.2, 0) is 4.74 Å². The first-order valence-corrected chi connectivity index (χ1v) is 7.08. The number of methoxy groups -OCH3 is 1. The monoisotopic (exact) mass is 286 g/mol. The van der Waals surface area contributed by atoms with Gasteiger partial charge < -0.3 is 14.7 Å².